The van der Waals surface area contributed by atoms with Crippen molar-refractivity contribution in [1.82, 2.24) is 0 Å². The zero-order valence-electron chi connectivity index (χ0n) is 10.4. The van der Waals surface area contributed by atoms with E-state index in [1.165, 1.54) is 12.1 Å². The van der Waals surface area contributed by atoms with Crippen LogP contribution >= 0.6 is 39.1 Å². The number of aryl methyl sites for hydroxylation is 1. The highest BCUT2D eigenvalue weighted by atomic mass is 79.9. The molecule has 104 valence electrons. The molecule has 6 heteroatoms. The van der Waals surface area contributed by atoms with Crippen molar-refractivity contribution in [2.75, 3.05) is 5.32 Å². The van der Waals surface area contributed by atoms with Gasteiger partial charge in [-0.2, -0.15) is 0 Å². The first-order chi connectivity index (χ1) is 9.36. The second-order valence-corrected chi connectivity index (χ2v) is 6.01. The summed E-state index contributed by atoms with van der Waals surface area (Å²) >= 11 is 15.0. The number of benzene rings is 2. The normalized spacial score (nSPS) is 10.4. The average molecular weight is 375 g/mol. The third kappa shape index (κ3) is 3.45. The molecular weight excluding hydrogens is 365 g/mol. The summed E-state index contributed by atoms with van der Waals surface area (Å²) in [6.07, 6.45) is 0. The molecule has 0 saturated heterocycles. The fourth-order valence-corrected chi connectivity index (χ4v) is 2.85. The van der Waals surface area contributed by atoms with Gasteiger partial charge < -0.3 is 10.4 Å². The van der Waals surface area contributed by atoms with Crippen LogP contribution in [-0.2, 0) is 0 Å². The molecule has 1 amide bonds. The Bertz CT molecular complexity index is 669. The molecule has 0 atom stereocenters. The van der Waals surface area contributed by atoms with Crippen LogP contribution in [0.2, 0.25) is 10.0 Å². The Morgan fingerprint density at radius 1 is 1.20 bits per heavy atom. The number of amides is 1. The SMILES string of the molecule is Cc1cc(Br)cc(NC(=O)c2cc(Cl)cc(Cl)c2O)c1. The molecule has 0 aromatic heterocycles. The second-order valence-electron chi connectivity index (χ2n) is 4.26. The van der Waals surface area contributed by atoms with Crippen LogP contribution in [0.1, 0.15) is 15.9 Å². The predicted molar refractivity (Wildman–Crippen MR) is 85.0 cm³/mol. The minimum absolute atomic E-state index is 0.0279. The molecule has 3 nitrogen and oxygen atoms in total. The van der Waals surface area contributed by atoms with Gasteiger partial charge in [-0.05, 0) is 42.8 Å². The molecule has 2 aromatic carbocycles. The number of carbonyl (C=O) groups is 1. The quantitative estimate of drug-likeness (QED) is 0.775. The molecule has 0 radical (unpaired) electrons. The van der Waals surface area contributed by atoms with Crippen LogP contribution < -0.4 is 5.32 Å². The van der Waals surface area contributed by atoms with Crippen LogP contribution in [0.4, 0.5) is 5.69 Å². The molecule has 0 aliphatic rings. The lowest BCUT2D eigenvalue weighted by Gasteiger charge is -2.09. The summed E-state index contributed by atoms with van der Waals surface area (Å²) in [6.45, 7) is 1.91. The number of rotatable bonds is 2. The van der Waals surface area contributed by atoms with Crippen LogP contribution in [0.3, 0.4) is 0 Å². The molecule has 0 bridgehead atoms. The predicted octanol–water partition coefficient (Wildman–Crippen LogP) is 5.02. The van der Waals surface area contributed by atoms with Crippen molar-refractivity contribution in [3.63, 3.8) is 0 Å². The molecule has 0 saturated carbocycles. The highest BCUT2D eigenvalue weighted by molar-refractivity contribution is 9.10. The third-order valence-electron chi connectivity index (χ3n) is 2.57. The van der Waals surface area contributed by atoms with Gasteiger partial charge in [0.2, 0.25) is 0 Å². The average Bonchev–Trinajstić information content (AvgIpc) is 2.32. The van der Waals surface area contributed by atoms with Crippen molar-refractivity contribution >= 4 is 50.7 Å². The van der Waals surface area contributed by atoms with Crippen molar-refractivity contribution in [3.8, 4) is 5.75 Å². The number of phenols is 1. The van der Waals surface area contributed by atoms with E-state index in [2.05, 4.69) is 21.2 Å². The van der Waals surface area contributed by atoms with Crippen molar-refractivity contribution in [2.45, 2.75) is 6.92 Å². The Morgan fingerprint density at radius 2 is 1.90 bits per heavy atom. The van der Waals surface area contributed by atoms with E-state index in [1.54, 1.807) is 6.07 Å². The summed E-state index contributed by atoms with van der Waals surface area (Å²) < 4.78 is 0.848. The van der Waals surface area contributed by atoms with E-state index in [9.17, 15) is 9.90 Å². The van der Waals surface area contributed by atoms with Gasteiger partial charge >= 0.3 is 0 Å². The van der Waals surface area contributed by atoms with E-state index in [1.807, 2.05) is 19.1 Å². The minimum atomic E-state index is -0.482. The molecule has 2 N–H and O–H groups in total. The van der Waals surface area contributed by atoms with Crippen molar-refractivity contribution in [2.24, 2.45) is 0 Å². The lowest BCUT2D eigenvalue weighted by atomic mass is 10.1. The summed E-state index contributed by atoms with van der Waals surface area (Å²) in [5, 5.41) is 12.8. The van der Waals surface area contributed by atoms with Crippen LogP contribution in [0, 0.1) is 6.92 Å². The Kier molecular flexibility index (Phi) is 4.58. The zero-order chi connectivity index (χ0) is 14.9. The lowest BCUT2D eigenvalue weighted by molar-refractivity contribution is 0.102. The number of phenolic OH excluding ortho intramolecular Hbond substituents is 1. The van der Waals surface area contributed by atoms with E-state index in [4.69, 9.17) is 23.2 Å². The van der Waals surface area contributed by atoms with Crippen molar-refractivity contribution in [1.29, 1.82) is 0 Å². The lowest BCUT2D eigenvalue weighted by Crippen LogP contribution is -2.12. The minimum Gasteiger partial charge on any atom is -0.506 e. The number of aromatic hydroxyl groups is 1. The first kappa shape index (κ1) is 15.2. The summed E-state index contributed by atoms with van der Waals surface area (Å²) in [4.78, 5) is 12.2. The summed E-state index contributed by atoms with van der Waals surface area (Å²) in [6, 6.07) is 8.23. The highest BCUT2D eigenvalue weighted by Gasteiger charge is 2.15. The number of hydrogen-bond donors (Lipinski definition) is 2. The van der Waals surface area contributed by atoms with E-state index in [0.29, 0.717) is 5.69 Å². The Hall–Kier alpha value is -1.23. The summed E-state index contributed by atoms with van der Waals surface area (Å²) in [5.41, 5.74) is 1.63. The van der Waals surface area contributed by atoms with Gasteiger partial charge in [-0.1, -0.05) is 39.1 Å². The maximum Gasteiger partial charge on any atom is 0.259 e. The van der Waals surface area contributed by atoms with Gasteiger partial charge in [0, 0.05) is 15.2 Å². The standard InChI is InChI=1S/C14H10BrCl2NO2/c1-7-2-8(15)4-10(3-7)18-14(20)11-5-9(16)6-12(17)13(11)19/h2-6,19H,1H3,(H,18,20). The van der Waals surface area contributed by atoms with Gasteiger partial charge in [0.1, 0.15) is 5.75 Å². The van der Waals surface area contributed by atoms with Gasteiger partial charge in [0.05, 0.1) is 10.6 Å². The molecular formula is C14H10BrCl2NO2. The Balaban J connectivity index is 2.33. The highest BCUT2D eigenvalue weighted by Crippen LogP contribution is 2.31. The largest absolute Gasteiger partial charge is 0.506 e. The number of carbonyl (C=O) groups excluding carboxylic acids is 1. The van der Waals surface area contributed by atoms with Gasteiger partial charge in [-0.25, -0.2) is 0 Å². The summed E-state index contributed by atoms with van der Waals surface area (Å²) in [5.74, 6) is -0.773. The number of halogens is 3. The second kappa shape index (κ2) is 6.04. The molecule has 0 unspecified atom stereocenters. The van der Waals surface area contributed by atoms with E-state index < -0.39 is 5.91 Å². The van der Waals surface area contributed by atoms with Crippen LogP contribution in [-0.4, -0.2) is 11.0 Å². The van der Waals surface area contributed by atoms with Crippen LogP contribution in [0.5, 0.6) is 5.75 Å². The van der Waals surface area contributed by atoms with Crippen LogP contribution in [0.25, 0.3) is 0 Å². The molecule has 0 heterocycles. The molecule has 0 aliphatic heterocycles. The first-order valence-electron chi connectivity index (χ1n) is 5.63. The molecule has 2 rings (SSSR count). The van der Waals surface area contributed by atoms with Crippen molar-refractivity contribution in [3.05, 3.63) is 56.0 Å². The summed E-state index contributed by atoms with van der Waals surface area (Å²) in [7, 11) is 0. The van der Waals surface area contributed by atoms with Crippen molar-refractivity contribution < 1.29 is 9.90 Å². The maximum atomic E-state index is 12.2. The van der Waals surface area contributed by atoms with E-state index in [-0.39, 0.29) is 21.4 Å². The Morgan fingerprint density at radius 3 is 2.55 bits per heavy atom. The fraction of sp³-hybridized carbons (Fsp3) is 0.0714. The first-order valence-corrected chi connectivity index (χ1v) is 7.18. The van der Waals surface area contributed by atoms with Gasteiger partial charge in [0.15, 0.2) is 0 Å². The number of nitrogens with one attached hydrogen (secondary N) is 1. The van der Waals surface area contributed by atoms with Gasteiger partial charge in [0.25, 0.3) is 5.91 Å². The maximum absolute atomic E-state index is 12.2. The van der Waals surface area contributed by atoms with E-state index in [0.717, 1.165) is 10.0 Å². The fourth-order valence-electron chi connectivity index (χ4n) is 1.75. The molecule has 0 aliphatic carbocycles. The molecule has 0 spiro atoms. The molecule has 0 fully saturated rings. The smallest absolute Gasteiger partial charge is 0.259 e. The van der Waals surface area contributed by atoms with Gasteiger partial charge in [-0.15, -0.1) is 0 Å². The van der Waals surface area contributed by atoms with E-state index >= 15 is 0 Å². The molecule has 20 heavy (non-hydrogen) atoms. The molecule has 2 aromatic rings. The third-order valence-corrected chi connectivity index (χ3v) is 3.54. The van der Waals surface area contributed by atoms with Crippen LogP contribution in [0.15, 0.2) is 34.8 Å². The zero-order valence-corrected chi connectivity index (χ0v) is 13.5. The monoisotopic (exact) mass is 373 g/mol. The Labute approximate surface area is 134 Å². The van der Waals surface area contributed by atoms with Gasteiger partial charge in [-0.3, -0.25) is 4.79 Å². The topological polar surface area (TPSA) is 49.3 Å². The number of anilines is 1. The number of hydrogen-bond acceptors (Lipinski definition) is 2.